The summed E-state index contributed by atoms with van der Waals surface area (Å²) in [6, 6.07) is 3.44. The molecule has 8 nitrogen and oxygen atoms in total. The highest BCUT2D eigenvalue weighted by Crippen LogP contribution is 2.37. The van der Waals surface area contributed by atoms with Gasteiger partial charge in [0, 0.05) is 31.7 Å². The lowest BCUT2D eigenvalue weighted by Gasteiger charge is -2.34. The summed E-state index contributed by atoms with van der Waals surface area (Å²) in [5.41, 5.74) is 0.396. The molecule has 1 N–H and O–H groups in total. The van der Waals surface area contributed by atoms with E-state index in [1.807, 2.05) is 13.8 Å². The second-order valence-electron chi connectivity index (χ2n) is 6.42. The lowest BCUT2D eigenvalue weighted by atomic mass is 9.97. The van der Waals surface area contributed by atoms with E-state index in [-0.39, 0.29) is 18.4 Å². The van der Waals surface area contributed by atoms with E-state index in [2.05, 4.69) is 20.4 Å². The van der Waals surface area contributed by atoms with Crippen molar-refractivity contribution >= 4 is 11.8 Å². The summed E-state index contributed by atoms with van der Waals surface area (Å²) in [5, 5.41) is 6.68. The number of rotatable bonds is 4. The van der Waals surface area contributed by atoms with Crippen LogP contribution in [-0.4, -0.2) is 50.1 Å². The van der Waals surface area contributed by atoms with Crippen LogP contribution >= 0.6 is 0 Å². The van der Waals surface area contributed by atoms with E-state index in [9.17, 15) is 9.59 Å². The van der Waals surface area contributed by atoms with Crippen molar-refractivity contribution in [3.8, 4) is 0 Å². The third-order valence-corrected chi connectivity index (χ3v) is 4.59. The first-order chi connectivity index (χ1) is 11.9. The van der Waals surface area contributed by atoms with Crippen molar-refractivity contribution in [3.63, 3.8) is 0 Å². The standard InChI is InChI=1S/C17H22N6O2/c1-12-10-13(15(25)18-3)21-16(20-12)17(2)6-4-9-23(17)14(24)11-22-8-5-7-19-22/h5,7-8,10H,4,6,9,11H2,1-3H3,(H,18,25)/t17-/m0/s1. The maximum atomic E-state index is 12.8. The number of amides is 2. The average molecular weight is 342 g/mol. The molecule has 132 valence electrons. The minimum atomic E-state index is -0.626. The first-order valence-corrected chi connectivity index (χ1v) is 8.30. The van der Waals surface area contributed by atoms with Crippen LogP contribution in [0.4, 0.5) is 0 Å². The summed E-state index contributed by atoms with van der Waals surface area (Å²) >= 11 is 0. The highest BCUT2D eigenvalue weighted by atomic mass is 16.2. The third kappa shape index (κ3) is 3.24. The Morgan fingerprint density at radius 3 is 2.84 bits per heavy atom. The van der Waals surface area contributed by atoms with Gasteiger partial charge in [0.05, 0.1) is 5.54 Å². The molecule has 0 aromatic carbocycles. The molecule has 0 saturated carbocycles. The maximum Gasteiger partial charge on any atom is 0.269 e. The van der Waals surface area contributed by atoms with Gasteiger partial charge in [0.2, 0.25) is 5.91 Å². The van der Waals surface area contributed by atoms with E-state index in [0.29, 0.717) is 23.8 Å². The maximum absolute atomic E-state index is 12.8. The van der Waals surface area contributed by atoms with E-state index in [1.165, 1.54) is 0 Å². The van der Waals surface area contributed by atoms with Crippen LogP contribution in [0.1, 0.15) is 41.8 Å². The summed E-state index contributed by atoms with van der Waals surface area (Å²) in [4.78, 5) is 35.5. The van der Waals surface area contributed by atoms with E-state index < -0.39 is 5.54 Å². The largest absolute Gasteiger partial charge is 0.354 e. The van der Waals surface area contributed by atoms with Crippen molar-refractivity contribution < 1.29 is 9.59 Å². The molecule has 1 aliphatic heterocycles. The monoisotopic (exact) mass is 342 g/mol. The van der Waals surface area contributed by atoms with Crippen LogP contribution < -0.4 is 5.32 Å². The molecule has 25 heavy (non-hydrogen) atoms. The zero-order valence-corrected chi connectivity index (χ0v) is 14.7. The number of carbonyl (C=O) groups excluding carboxylic acids is 2. The summed E-state index contributed by atoms with van der Waals surface area (Å²) in [5.74, 6) is 0.218. The van der Waals surface area contributed by atoms with Crippen LogP contribution in [0.3, 0.4) is 0 Å². The quantitative estimate of drug-likeness (QED) is 0.890. The fourth-order valence-corrected chi connectivity index (χ4v) is 3.27. The smallest absolute Gasteiger partial charge is 0.269 e. The molecule has 8 heteroatoms. The van der Waals surface area contributed by atoms with E-state index in [1.54, 1.807) is 41.2 Å². The van der Waals surface area contributed by atoms with Gasteiger partial charge in [-0.3, -0.25) is 14.3 Å². The number of nitrogens with zero attached hydrogens (tertiary/aromatic N) is 5. The van der Waals surface area contributed by atoms with Gasteiger partial charge in [0.25, 0.3) is 5.91 Å². The van der Waals surface area contributed by atoms with Crippen LogP contribution in [-0.2, 0) is 16.9 Å². The van der Waals surface area contributed by atoms with E-state index >= 15 is 0 Å². The van der Waals surface area contributed by atoms with Crippen LogP contribution in [0.15, 0.2) is 24.5 Å². The predicted molar refractivity (Wildman–Crippen MR) is 90.7 cm³/mol. The lowest BCUT2D eigenvalue weighted by molar-refractivity contribution is -0.136. The molecule has 1 atom stereocenters. The number of aryl methyl sites for hydroxylation is 1. The molecule has 0 unspecified atom stereocenters. The van der Waals surface area contributed by atoms with Gasteiger partial charge in [0.1, 0.15) is 12.2 Å². The summed E-state index contributed by atoms with van der Waals surface area (Å²) in [6.45, 7) is 4.61. The molecule has 0 bridgehead atoms. The van der Waals surface area contributed by atoms with Gasteiger partial charge in [-0.25, -0.2) is 9.97 Å². The van der Waals surface area contributed by atoms with Crippen LogP contribution in [0, 0.1) is 6.92 Å². The van der Waals surface area contributed by atoms with Crippen molar-refractivity contribution in [2.24, 2.45) is 0 Å². The average Bonchev–Trinajstić information content (AvgIpc) is 3.23. The molecule has 2 aromatic heterocycles. The molecule has 3 heterocycles. The van der Waals surface area contributed by atoms with Crippen molar-refractivity contribution in [1.82, 2.24) is 30.0 Å². The van der Waals surface area contributed by atoms with E-state index in [0.717, 1.165) is 12.8 Å². The Morgan fingerprint density at radius 2 is 2.16 bits per heavy atom. The third-order valence-electron chi connectivity index (χ3n) is 4.59. The van der Waals surface area contributed by atoms with Gasteiger partial charge in [-0.1, -0.05) is 0 Å². The molecule has 0 aliphatic carbocycles. The first kappa shape index (κ1) is 17.1. The van der Waals surface area contributed by atoms with Crippen molar-refractivity contribution in [3.05, 3.63) is 41.7 Å². The van der Waals surface area contributed by atoms with E-state index in [4.69, 9.17) is 0 Å². The highest BCUT2D eigenvalue weighted by Gasteiger charge is 2.43. The topological polar surface area (TPSA) is 93.0 Å². The molecule has 0 spiro atoms. The molecule has 3 rings (SSSR count). The zero-order valence-electron chi connectivity index (χ0n) is 14.7. The Balaban J connectivity index is 1.92. The number of carbonyl (C=O) groups is 2. The van der Waals surface area contributed by atoms with Crippen molar-refractivity contribution in [1.29, 1.82) is 0 Å². The fraction of sp³-hybridized carbons (Fsp3) is 0.471. The molecular formula is C17H22N6O2. The minimum Gasteiger partial charge on any atom is -0.354 e. The second kappa shape index (κ2) is 6.62. The van der Waals surface area contributed by atoms with Gasteiger partial charge >= 0.3 is 0 Å². The predicted octanol–water partition coefficient (Wildman–Crippen LogP) is 0.879. The Hall–Kier alpha value is -2.77. The van der Waals surface area contributed by atoms with Gasteiger partial charge in [0.15, 0.2) is 5.82 Å². The molecule has 1 saturated heterocycles. The summed E-state index contributed by atoms with van der Waals surface area (Å²) < 4.78 is 1.61. The Morgan fingerprint density at radius 1 is 1.36 bits per heavy atom. The van der Waals surface area contributed by atoms with Crippen LogP contribution in [0.25, 0.3) is 0 Å². The van der Waals surface area contributed by atoms with Gasteiger partial charge < -0.3 is 10.2 Å². The van der Waals surface area contributed by atoms with Gasteiger partial charge in [-0.15, -0.1) is 0 Å². The van der Waals surface area contributed by atoms with Gasteiger partial charge in [-0.2, -0.15) is 5.10 Å². The molecule has 2 aromatic rings. The number of nitrogens with one attached hydrogen (secondary N) is 1. The zero-order chi connectivity index (χ0) is 18.0. The van der Waals surface area contributed by atoms with Crippen molar-refractivity contribution in [2.75, 3.05) is 13.6 Å². The Kier molecular flexibility index (Phi) is 4.52. The molecule has 0 radical (unpaired) electrons. The molecule has 2 amide bonds. The summed E-state index contributed by atoms with van der Waals surface area (Å²) in [7, 11) is 1.57. The number of hydrogen-bond acceptors (Lipinski definition) is 5. The first-order valence-electron chi connectivity index (χ1n) is 8.30. The minimum absolute atomic E-state index is 0.0321. The number of aromatic nitrogens is 4. The lowest BCUT2D eigenvalue weighted by Crippen LogP contribution is -2.45. The number of likely N-dealkylation sites (tertiary alicyclic amines) is 1. The SMILES string of the molecule is CNC(=O)c1cc(C)nc([C@]2(C)CCCN2C(=O)Cn2cccn2)n1. The molecule has 1 aliphatic rings. The van der Waals surface area contributed by atoms with Crippen LogP contribution in [0.2, 0.25) is 0 Å². The fourth-order valence-electron chi connectivity index (χ4n) is 3.27. The van der Waals surface area contributed by atoms with Crippen molar-refractivity contribution in [2.45, 2.75) is 38.8 Å². The van der Waals surface area contributed by atoms with Crippen LogP contribution in [0.5, 0.6) is 0 Å². The normalized spacial score (nSPS) is 19.9. The number of hydrogen-bond donors (Lipinski definition) is 1. The van der Waals surface area contributed by atoms with Gasteiger partial charge in [-0.05, 0) is 38.8 Å². The molecule has 1 fully saturated rings. The Labute approximate surface area is 146 Å². The highest BCUT2D eigenvalue weighted by molar-refractivity contribution is 5.92. The molecular weight excluding hydrogens is 320 g/mol. The Bertz CT molecular complexity index is 788. The second-order valence-corrected chi connectivity index (χ2v) is 6.42. The summed E-state index contributed by atoms with van der Waals surface area (Å²) in [6.07, 6.45) is 5.04.